The van der Waals surface area contributed by atoms with Gasteiger partial charge in [0.2, 0.25) is 0 Å². The largest absolute Gasteiger partial charge is 0.352 e. The van der Waals surface area contributed by atoms with Crippen molar-refractivity contribution in [1.82, 2.24) is 5.32 Å². The summed E-state index contributed by atoms with van der Waals surface area (Å²) in [5, 5.41) is 3.00. The fraction of sp³-hybridized carbons (Fsp3) is 0.235. The third kappa shape index (κ3) is 4.07. The van der Waals surface area contributed by atoms with Gasteiger partial charge in [0, 0.05) is 10.1 Å². The highest BCUT2D eigenvalue weighted by Gasteiger charge is 2.09. The van der Waals surface area contributed by atoms with Gasteiger partial charge in [-0.2, -0.15) is 0 Å². The highest BCUT2D eigenvalue weighted by molar-refractivity contribution is 14.1. The first-order valence-corrected chi connectivity index (χ1v) is 7.84. The van der Waals surface area contributed by atoms with Crippen LogP contribution >= 0.6 is 22.6 Å². The maximum Gasteiger partial charge on any atom is 0.252 e. The summed E-state index contributed by atoms with van der Waals surface area (Å²) in [5.74, 6) is 0.460. The number of benzene rings is 2. The van der Waals surface area contributed by atoms with Gasteiger partial charge in [-0.15, -0.1) is 0 Å². The SMILES string of the molecule is CC(CCNC(=O)c1ccccc1I)c1ccccc1. The molecule has 0 saturated carbocycles. The molecule has 1 amide bonds. The van der Waals surface area contributed by atoms with Gasteiger partial charge in [0.15, 0.2) is 0 Å². The lowest BCUT2D eigenvalue weighted by molar-refractivity contribution is 0.0952. The van der Waals surface area contributed by atoms with E-state index in [0.29, 0.717) is 12.5 Å². The third-order valence-electron chi connectivity index (χ3n) is 3.35. The Hall–Kier alpha value is -1.36. The lowest BCUT2D eigenvalue weighted by atomic mass is 9.98. The van der Waals surface area contributed by atoms with Crippen LogP contribution < -0.4 is 5.32 Å². The van der Waals surface area contributed by atoms with Crippen LogP contribution in [0.15, 0.2) is 54.6 Å². The van der Waals surface area contributed by atoms with Gasteiger partial charge in [0.25, 0.3) is 5.91 Å². The van der Waals surface area contributed by atoms with Crippen LogP contribution in [0.25, 0.3) is 0 Å². The molecule has 2 aromatic rings. The normalized spacial score (nSPS) is 11.9. The lowest BCUT2D eigenvalue weighted by Gasteiger charge is -2.12. The number of carbonyl (C=O) groups is 1. The molecule has 3 heteroatoms. The van der Waals surface area contributed by atoms with Crippen molar-refractivity contribution in [3.05, 3.63) is 69.3 Å². The van der Waals surface area contributed by atoms with Gasteiger partial charge in [-0.1, -0.05) is 49.4 Å². The van der Waals surface area contributed by atoms with Crippen molar-refractivity contribution in [1.29, 1.82) is 0 Å². The summed E-state index contributed by atoms with van der Waals surface area (Å²) < 4.78 is 0.985. The van der Waals surface area contributed by atoms with Crippen molar-refractivity contribution >= 4 is 28.5 Å². The predicted molar refractivity (Wildman–Crippen MR) is 91.0 cm³/mol. The van der Waals surface area contributed by atoms with Crippen LogP contribution in [0.4, 0.5) is 0 Å². The van der Waals surface area contributed by atoms with Crippen molar-refractivity contribution in [2.45, 2.75) is 19.3 Å². The molecule has 0 aliphatic heterocycles. The van der Waals surface area contributed by atoms with Gasteiger partial charge < -0.3 is 5.32 Å². The van der Waals surface area contributed by atoms with E-state index in [2.05, 4.69) is 59.1 Å². The molecule has 0 bridgehead atoms. The Bertz CT molecular complexity index is 568. The van der Waals surface area contributed by atoms with E-state index < -0.39 is 0 Å². The Kier molecular flexibility index (Phi) is 5.59. The smallest absolute Gasteiger partial charge is 0.252 e. The zero-order valence-corrected chi connectivity index (χ0v) is 13.6. The van der Waals surface area contributed by atoms with Gasteiger partial charge >= 0.3 is 0 Å². The molecular weight excluding hydrogens is 361 g/mol. The average Bonchev–Trinajstić information content (AvgIpc) is 2.48. The quantitative estimate of drug-likeness (QED) is 0.775. The summed E-state index contributed by atoms with van der Waals surface area (Å²) in [5.41, 5.74) is 2.07. The Morgan fingerprint density at radius 3 is 2.45 bits per heavy atom. The predicted octanol–water partition coefficient (Wildman–Crippen LogP) is 4.21. The van der Waals surface area contributed by atoms with Crippen LogP contribution in [0.1, 0.15) is 35.2 Å². The maximum atomic E-state index is 12.1. The number of carbonyl (C=O) groups excluding carboxylic acids is 1. The number of amides is 1. The first kappa shape index (κ1) is 15.0. The summed E-state index contributed by atoms with van der Waals surface area (Å²) in [6, 6.07) is 18.0. The molecule has 0 heterocycles. The molecule has 20 heavy (non-hydrogen) atoms. The Labute approximate surface area is 133 Å². The lowest BCUT2D eigenvalue weighted by Crippen LogP contribution is -2.26. The molecule has 0 spiro atoms. The summed E-state index contributed by atoms with van der Waals surface area (Å²) >= 11 is 2.19. The molecule has 0 fully saturated rings. The molecule has 0 aliphatic rings. The van der Waals surface area contributed by atoms with Crippen molar-refractivity contribution in [3.8, 4) is 0 Å². The molecule has 2 rings (SSSR count). The van der Waals surface area contributed by atoms with E-state index in [1.54, 1.807) is 0 Å². The number of nitrogens with one attached hydrogen (secondary N) is 1. The van der Waals surface area contributed by atoms with Crippen molar-refractivity contribution in [3.63, 3.8) is 0 Å². The molecular formula is C17H18INO. The second-order valence-electron chi connectivity index (χ2n) is 4.84. The van der Waals surface area contributed by atoms with E-state index in [0.717, 1.165) is 15.6 Å². The second kappa shape index (κ2) is 7.43. The molecule has 104 valence electrons. The highest BCUT2D eigenvalue weighted by Crippen LogP contribution is 2.17. The zero-order valence-electron chi connectivity index (χ0n) is 11.5. The van der Waals surface area contributed by atoms with Crippen LogP contribution in [0.3, 0.4) is 0 Å². The van der Waals surface area contributed by atoms with E-state index in [9.17, 15) is 4.79 Å². The van der Waals surface area contributed by atoms with Crippen molar-refractivity contribution < 1.29 is 4.79 Å². The molecule has 1 N–H and O–H groups in total. The van der Waals surface area contributed by atoms with Gasteiger partial charge in [0.1, 0.15) is 0 Å². The van der Waals surface area contributed by atoms with Crippen LogP contribution in [-0.2, 0) is 0 Å². The summed E-state index contributed by atoms with van der Waals surface area (Å²) in [6.45, 7) is 2.88. The second-order valence-corrected chi connectivity index (χ2v) is 6.00. The van der Waals surface area contributed by atoms with E-state index in [1.807, 2.05) is 30.3 Å². The summed E-state index contributed by atoms with van der Waals surface area (Å²) in [6.07, 6.45) is 0.944. The molecule has 0 aliphatic carbocycles. The average molecular weight is 379 g/mol. The molecule has 2 nitrogen and oxygen atoms in total. The highest BCUT2D eigenvalue weighted by atomic mass is 127. The Morgan fingerprint density at radius 1 is 1.10 bits per heavy atom. The van der Waals surface area contributed by atoms with Gasteiger partial charge in [0.05, 0.1) is 5.56 Å². The van der Waals surface area contributed by atoms with E-state index in [4.69, 9.17) is 0 Å². The first-order valence-electron chi connectivity index (χ1n) is 6.76. The minimum absolute atomic E-state index is 0.00950. The molecule has 0 saturated heterocycles. The zero-order chi connectivity index (χ0) is 14.4. The molecule has 0 aromatic heterocycles. The number of hydrogen-bond acceptors (Lipinski definition) is 1. The van der Waals surface area contributed by atoms with E-state index in [1.165, 1.54) is 5.56 Å². The van der Waals surface area contributed by atoms with Crippen LogP contribution in [0.2, 0.25) is 0 Å². The first-order chi connectivity index (χ1) is 9.68. The van der Waals surface area contributed by atoms with Gasteiger partial charge in [-0.25, -0.2) is 0 Å². The van der Waals surface area contributed by atoms with E-state index >= 15 is 0 Å². The summed E-state index contributed by atoms with van der Waals surface area (Å²) in [7, 11) is 0. The van der Waals surface area contributed by atoms with Crippen molar-refractivity contribution in [2.75, 3.05) is 6.54 Å². The standard InChI is InChI=1S/C17H18INO/c1-13(14-7-3-2-4-8-14)11-12-19-17(20)15-9-5-6-10-16(15)18/h2-10,13H,11-12H2,1H3,(H,19,20). The molecule has 2 aromatic carbocycles. The Morgan fingerprint density at radius 2 is 1.75 bits per heavy atom. The fourth-order valence-electron chi connectivity index (χ4n) is 2.09. The van der Waals surface area contributed by atoms with Crippen molar-refractivity contribution in [2.24, 2.45) is 0 Å². The third-order valence-corrected chi connectivity index (χ3v) is 4.29. The maximum absolute atomic E-state index is 12.1. The minimum atomic E-state index is 0.00950. The molecule has 1 unspecified atom stereocenters. The molecule has 0 radical (unpaired) electrons. The topological polar surface area (TPSA) is 29.1 Å². The van der Waals surface area contributed by atoms with Gasteiger partial charge in [-0.3, -0.25) is 4.79 Å². The summed E-state index contributed by atoms with van der Waals surface area (Å²) in [4.78, 5) is 12.1. The molecule has 1 atom stereocenters. The van der Waals surface area contributed by atoms with Crippen LogP contribution in [0.5, 0.6) is 0 Å². The van der Waals surface area contributed by atoms with E-state index in [-0.39, 0.29) is 5.91 Å². The van der Waals surface area contributed by atoms with Crippen LogP contribution in [-0.4, -0.2) is 12.5 Å². The number of halogens is 1. The Balaban J connectivity index is 1.84. The van der Waals surface area contributed by atoms with Crippen LogP contribution in [0, 0.1) is 3.57 Å². The minimum Gasteiger partial charge on any atom is -0.352 e. The number of hydrogen-bond donors (Lipinski definition) is 1. The monoisotopic (exact) mass is 379 g/mol. The fourth-order valence-corrected chi connectivity index (χ4v) is 2.72. The number of rotatable bonds is 5. The van der Waals surface area contributed by atoms with Gasteiger partial charge in [-0.05, 0) is 52.6 Å².